The van der Waals surface area contributed by atoms with Crippen molar-refractivity contribution in [3.8, 4) is 0 Å². The first kappa shape index (κ1) is 26.1. The van der Waals surface area contributed by atoms with Crippen molar-refractivity contribution in [2.75, 3.05) is 56.5 Å². The predicted molar refractivity (Wildman–Crippen MR) is 143 cm³/mol. The van der Waals surface area contributed by atoms with E-state index < -0.39 is 5.91 Å². The Bertz CT molecular complexity index is 1070. The number of rotatable bonds is 6. The van der Waals surface area contributed by atoms with Crippen LogP contribution in [0.1, 0.15) is 50.0 Å². The number of allylic oxidation sites excluding steroid dienone is 3. The number of primary amides is 1. The number of hydrogen-bond acceptors (Lipinski definition) is 9. The number of nitrogens with two attached hydrogens (primary N) is 2. The third-order valence-corrected chi connectivity index (χ3v) is 8.31. The summed E-state index contributed by atoms with van der Waals surface area (Å²) in [6, 6.07) is 0.926. The number of piperazine rings is 1. The van der Waals surface area contributed by atoms with Gasteiger partial charge in [0.15, 0.2) is 28.2 Å². The Hall–Kier alpha value is -2.56. The summed E-state index contributed by atoms with van der Waals surface area (Å²) in [5, 5.41) is 0.162. The summed E-state index contributed by atoms with van der Waals surface area (Å²) in [6.07, 6.45) is 8.61. The molecule has 0 saturated carbocycles. The maximum atomic E-state index is 11.5. The maximum absolute atomic E-state index is 11.5. The van der Waals surface area contributed by atoms with Gasteiger partial charge in [0.2, 0.25) is 0 Å². The van der Waals surface area contributed by atoms with Gasteiger partial charge in [-0.05, 0) is 44.8 Å². The lowest BCUT2D eigenvalue weighted by atomic mass is 9.97. The average Bonchev–Trinajstić information content (AvgIpc) is 2.90. The zero-order chi connectivity index (χ0) is 26.1. The Morgan fingerprint density at radius 1 is 1.22 bits per heavy atom. The van der Waals surface area contributed by atoms with E-state index in [4.69, 9.17) is 32.5 Å². The molecular weight excluding hydrogens is 494 g/mol. The van der Waals surface area contributed by atoms with E-state index in [9.17, 15) is 4.79 Å². The van der Waals surface area contributed by atoms with Crippen molar-refractivity contribution in [1.29, 1.82) is 0 Å². The molecule has 202 valence electrons. The Balaban J connectivity index is 1.15. The van der Waals surface area contributed by atoms with Gasteiger partial charge in [-0.25, -0.2) is 9.97 Å². The molecule has 2 unspecified atom stereocenters. The Morgan fingerprint density at radius 3 is 2.73 bits per heavy atom. The summed E-state index contributed by atoms with van der Waals surface area (Å²) in [6.45, 7) is 10.5. The fourth-order valence-corrected chi connectivity index (χ4v) is 6.27. The molecule has 1 aliphatic carbocycles. The zero-order valence-electron chi connectivity index (χ0n) is 21.7. The number of likely N-dealkylation sites (tertiary alicyclic amines) is 1. The summed E-state index contributed by atoms with van der Waals surface area (Å²) >= 11 is 6.37. The smallest absolute Gasteiger partial charge is 0.271 e. The van der Waals surface area contributed by atoms with E-state index in [1.807, 2.05) is 6.08 Å². The van der Waals surface area contributed by atoms with Crippen LogP contribution in [0.4, 0.5) is 11.6 Å². The van der Waals surface area contributed by atoms with Gasteiger partial charge in [0.05, 0.1) is 0 Å². The third-order valence-electron chi connectivity index (χ3n) is 8.05. The first-order valence-electron chi connectivity index (χ1n) is 13.4. The number of carbonyl (C=O) groups excluding carboxylic acids is 1. The summed E-state index contributed by atoms with van der Waals surface area (Å²) in [7, 11) is 0. The summed E-state index contributed by atoms with van der Waals surface area (Å²) < 4.78 is 12.4. The molecule has 10 nitrogen and oxygen atoms in total. The number of piperidine rings is 1. The molecule has 2 saturated heterocycles. The second kappa shape index (κ2) is 11.0. The normalized spacial score (nSPS) is 27.5. The highest BCUT2D eigenvalue weighted by molar-refractivity contribution is 6.32. The lowest BCUT2D eigenvalue weighted by molar-refractivity contribution is -0.0362. The second-order valence-electron chi connectivity index (χ2n) is 10.5. The number of carbonyl (C=O) groups is 1. The lowest BCUT2D eigenvalue weighted by Gasteiger charge is -2.48. The molecule has 0 spiro atoms. The fraction of sp³-hybridized carbons (Fsp3) is 0.654. The fourth-order valence-electron chi connectivity index (χ4n) is 6.02. The van der Waals surface area contributed by atoms with Gasteiger partial charge in [0.1, 0.15) is 18.5 Å². The largest absolute Gasteiger partial charge is 0.486 e. The molecule has 0 bridgehead atoms. The van der Waals surface area contributed by atoms with Crippen molar-refractivity contribution >= 4 is 29.1 Å². The quantitative estimate of drug-likeness (QED) is 0.569. The van der Waals surface area contributed by atoms with Gasteiger partial charge in [0.25, 0.3) is 5.91 Å². The first-order chi connectivity index (χ1) is 17.8. The lowest BCUT2D eigenvalue weighted by Crippen LogP contribution is -2.59. The molecular formula is C26H38ClN7O3. The molecule has 4 aliphatic rings. The van der Waals surface area contributed by atoms with Gasteiger partial charge in [-0.2, -0.15) is 0 Å². The summed E-state index contributed by atoms with van der Waals surface area (Å²) in [4.78, 5) is 27.3. The van der Waals surface area contributed by atoms with Gasteiger partial charge in [0, 0.05) is 44.2 Å². The van der Waals surface area contributed by atoms with Gasteiger partial charge >= 0.3 is 0 Å². The molecule has 1 aromatic heterocycles. The molecule has 37 heavy (non-hydrogen) atoms. The van der Waals surface area contributed by atoms with Crippen LogP contribution in [-0.4, -0.2) is 89.7 Å². The number of nitrogen functional groups attached to an aromatic ring is 1. The van der Waals surface area contributed by atoms with Gasteiger partial charge < -0.3 is 25.8 Å². The van der Waals surface area contributed by atoms with Crippen LogP contribution in [0.15, 0.2) is 23.7 Å². The summed E-state index contributed by atoms with van der Waals surface area (Å²) in [5.41, 5.74) is 11.2. The zero-order valence-corrected chi connectivity index (χ0v) is 22.5. The van der Waals surface area contributed by atoms with Gasteiger partial charge in [-0.15, -0.1) is 0 Å². The van der Waals surface area contributed by atoms with Crippen LogP contribution in [-0.2, 0) is 9.47 Å². The van der Waals surface area contributed by atoms with Crippen LogP contribution in [0, 0.1) is 5.92 Å². The Labute approximate surface area is 223 Å². The van der Waals surface area contributed by atoms with Crippen LogP contribution in [0.2, 0.25) is 5.15 Å². The monoisotopic (exact) mass is 531 g/mol. The van der Waals surface area contributed by atoms with Crippen LogP contribution in [0.3, 0.4) is 0 Å². The number of nitrogens with zero attached hydrogens (tertiary/aromatic N) is 5. The first-order valence-corrected chi connectivity index (χ1v) is 13.8. The molecule has 2 fully saturated rings. The second-order valence-corrected chi connectivity index (χ2v) is 10.9. The van der Waals surface area contributed by atoms with E-state index >= 15 is 0 Å². The topological polar surface area (TPSA) is 123 Å². The van der Waals surface area contributed by atoms with Crippen molar-refractivity contribution in [3.63, 3.8) is 0 Å². The minimum absolute atomic E-state index is 0.0176. The molecule has 1 aromatic rings. The molecule has 11 heteroatoms. The van der Waals surface area contributed by atoms with Crippen LogP contribution < -0.4 is 16.4 Å². The average molecular weight is 532 g/mol. The van der Waals surface area contributed by atoms with Crippen molar-refractivity contribution in [2.45, 2.75) is 57.7 Å². The standard InChI is InChI=1S/C26H38ClN7O3/c1-3-17-13-33(26-23(27)30-21(25(29)35)24(28)31-26)11-12-34(17)18-7-9-32(10-8-18)14-19-15-36-20-6-4-5-16(2)22(20)37-19/h4,6,16-19H,3,5,7-15H2,1-2H3,(H2,28,31)(H2,29,35)/t16?,17-,19?/m0/s1. The van der Waals surface area contributed by atoms with Gasteiger partial charge in [-0.3, -0.25) is 14.6 Å². The van der Waals surface area contributed by atoms with E-state index in [0.29, 0.717) is 30.4 Å². The third kappa shape index (κ3) is 5.51. The minimum Gasteiger partial charge on any atom is -0.486 e. The molecule has 0 radical (unpaired) electrons. The molecule has 4 N–H and O–H groups in total. The Morgan fingerprint density at radius 2 is 2.00 bits per heavy atom. The molecule has 5 rings (SSSR count). The van der Waals surface area contributed by atoms with Crippen LogP contribution >= 0.6 is 11.6 Å². The van der Waals surface area contributed by atoms with Crippen LogP contribution in [0.25, 0.3) is 0 Å². The molecule has 1 amide bonds. The van der Waals surface area contributed by atoms with Crippen molar-refractivity contribution < 1.29 is 14.3 Å². The van der Waals surface area contributed by atoms with E-state index in [1.165, 1.54) is 0 Å². The molecule has 3 atom stereocenters. The molecule has 4 heterocycles. The van der Waals surface area contributed by atoms with Crippen LogP contribution in [0.5, 0.6) is 0 Å². The van der Waals surface area contributed by atoms with Crippen molar-refractivity contribution in [2.24, 2.45) is 11.7 Å². The SMILES string of the molecule is CC[C@H]1CN(c2nc(N)c(C(N)=O)nc2Cl)CCN1C1CCN(CC2COC3=C(O2)C(C)CC=C3)CC1. The highest BCUT2D eigenvalue weighted by Gasteiger charge is 2.36. The number of halogens is 1. The predicted octanol–water partition coefficient (Wildman–Crippen LogP) is 2.40. The summed E-state index contributed by atoms with van der Waals surface area (Å²) in [5.74, 6) is 2.13. The molecule has 0 aromatic carbocycles. The number of hydrogen-bond donors (Lipinski definition) is 2. The number of anilines is 2. The highest BCUT2D eigenvalue weighted by Crippen LogP contribution is 2.32. The maximum Gasteiger partial charge on any atom is 0.271 e. The highest BCUT2D eigenvalue weighted by atomic mass is 35.5. The van der Waals surface area contributed by atoms with Crippen molar-refractivity contribution in [3.05, 3.63) is 34.5 Å². The van der Waals surface area contributed by atoms with E-state index in [-0.39, 0.29) is 22.8 Å². The van der Waals surface area contributed by atoms with Crippen molar-refractivity contribution in [1.82, 2.24) is 19.8 Å². The number of aromatic nitrogens is 2. The Kier molecular flexibility index (Phi) is 7.78. The van der Waals surface area contributed by atoms with Gasteiger partial charge in [-0.1, -0.05) is 31.5 Å². The van der Waals surface area contributed by atoms with E-state index in [0.717, 1.165) is 76.5 Å². The minimum atomic E-state index is -0.730. The number of amides is 1. The molecule has 3 aliphatic heterocycles. The van der Waals surface area contributed by atoms with E-state index in [1.54, 1.807) is 0 Å². The van der Waals surface area contributed by atoms with E-state index in [2.05, 4.69) is 44.6 Å². The number of ether oxygens (including phenoxy) is 2.